The first-order valence-electron chi connectivity index (χ1n) is 11.0. The number of pyridine rings is 1. The summed E-state index contributed by atoms with van der Waals surface area (Å²) in [6.07, 6.45) is -1.82. The van der Waals surface area contributed by atoms with Crippen LogP contribution in [0.2, 0.25) is 0 Å². The largest absolute Gasteiger partial charge is 0.347 e. The number of fused-ring (bicyclic) bond motifs is 1. The molecule has 1 saturated carbocycles. The molecule has 1 aliphatic rings. The highest BCUT2D eigenvalue weighted by Crippen LogP contribution is 2.37. The smallest absolute Gasteiger partial charge is 0.265 e. The lowest BCUT2D eigenvalue weighted by Gasteiger charge is -2.20. The Balaban J connectivity index is 1.87. The molecule has 0 aliphatic heterocycles. The number of alkyl halides is 4. The Bertz CT molecular complexity index is 1300. The monoisotopic (exact) mass is 497 g/mol. The van der Waals surface area contributed by atoms with E-state index in [2.05, 4.69) is 9.71 Å². The highest BCUT2D eigenvalue weighted by molar-refractivity contribution is 7.90. The second-order valence-electron chi connectivity index (χ2n) is 9.92. The van der Waals surface area contributed by atoms with E-state index < -0.39 is 34.2 Å². The molecule has 1 aliphatic carbocycles. The molecule has 1 aromatic carbocycles. The minimum Gasteiger partial charge on any atom is -0.347 e. The topological polar surface area (TPSA) is 64.0 Å². The summed E-state index contributed by atoms with van der Waals surface area (Å²) in [5, 5.41) is -0.202. The van der Waals surface area contributed by atoms with E-state index in [1.54, 1.807) is 29.0 Å². The number of benzene rings is 1. The molecule has 5 nitrogen and oxygen atoms in total. The van der Waals surface area contributed by atoms with Gasteiger partial charge in [-0.25, -0.2) is 30.7 Å². The number of sulfonamides is 1. The summed E-state index contributed by atoms with van der Waals surface area (Å²) < 4.78 is 84.3. The third kappa shape index (κ3) is 5.12. The Kier molecular flexibility index (Phi) is 6.50. The van der Waals surface area contributed by atoms with Gasteiger partial charge in [-0.3, -0.25) is 4.98 Å². The summed E-state index contributed by atoms with van der Waals surface area (Å²) >= 11 is 0. The molecule has 0 saturated heterocycles. The van der Waals surface area contributed by atoms with Gasteiger partial charge in [-0.2, -0.15) is 0 Å². The molecule has 1 atom stereocenters. The van der Waals surface area contributed by atoms with E-state index in [1.807, 2.05) is 20.8 Å². The van der Waals surface area contributed by atoms with E-state index in [9.17, 15) is 26.0 Å². The molecular formula is C24H27F4N3O2S. The van der Waals surface area contributed by atoms with Gasteiger partial charge in [-0.1, -0.05) is 32.9 Å². The van der Waals surface area contributed by atoms with E-state index in [0.29, 0.717) is 35.9 Å². The van der Waals surface area contributed by atoms with Crippen molar-refractivity contribution in [1.82, 2.24) is 14.3 Å². The molecule has 2 aromatic heterocycles. The van der Waals surface area contributed by atoms with Gasteiger partial charge >= 0.3 is 0 Å². The number of halogens is 4. The molecule has 3 aromatic rings. The molecule has 0 bridgehead atoms. The summed E-state index contributed by atoms with van der Waals surface area (Å²) in [6.45, 7) is 6.39. The quantitative estimate of drug-likeness (QED) is 0.384. The number of hydrogen-bond acceptors (Lipinski definition) is 3. The molecule has 184 valence electrons. The first kappa shape index (κ1) is 24.7. The van der Waals surface area contributed by atoms with Crippen LogP contribution < -0.4 is 4.72 Å². The van der Waals surface area contributed by atoms with Crippen LogP contribution in [0.3, 0.4) is 0 Å². The molecule has 0 spiro atoms. The second kappa shape index (κ2) is 8.96. The van der Waals surface area contributed by atoms with Crippen molar-refractivity contribution >= 4 is 20.9 Å². The van der Waals surface area contributed by atoms with Gasteiger partial charge in [0.05, 0.1) is 10.9 Å². The summed E-state index contributed by atoms with van der Waals surface area (Å²) in [5.41, 5.74) is 0.787. The van der Waals surface area contributed by atoms with E-state index in [-0.39, 0.29) is 22.2 Å². The van der Waals surface area contributed by atoms with Gasteiger partial charge < -0.3 is 4.57 Å². The first-order valence-corrected chi connectivity index (χ1v) is 12.6. The predicted molar refractivity (Wildman–Crippen MR) is 123 cm³/mol. The van der Waals surface area contributed by atoms with Crippen molar-refractivity contribution in [3.05, 3.63) is 53.9 Å². The number of hydrogen-bond donors (Lipinski definition) is 1. The Labute approximate surface area is 196 Å². The lowest BCUT2D eigenvalue weighted by molar-refractivity contribution is 0.109. The van der Waals surface area contributed by atoms with Gasteiger partial charge in [0.15, 0.2) is 0 Å². The zero-order chi connectivity index (χ0) is 24.8. The van der Waals surface area contributed by atoms with Crippen LogP contribution in [0.25, 0.3) is 22.2 Å². The van der Waals surface area contributed by atoms with Gasteiger partial charge in [0.25, 0.3) is 12.9 Å². The summed E-state index contributed by atoms with van der Waals surface area (Å²) in [4.78, 5) is 4.13. The van der Waals surface area contributed by atoms with Gasteiger partial charge in [0, 0.05) is 46.5 Å². The summed E-state index contributed by atoms with van der Waals surface area (Å²) in [6, 6.07) is 5.80. The van der Waals surface area contributed by atoms with Crippen molar-refractivity contribution in [2.45, 2.75) is 64.3 Å². The van der Waals surface area contributed by atoms with Crippen LogP contribution in [-0.4, -0.2) is 29.6 Å². The van der Waals surface area contributed by atoms with Gasteiger partial charge in [-0.05, 0) is 36.5 Å². The molecule has 2 heterocycles. The maximum Gasteiger partial charge on any atom is 0.265 e. The van der Waals surface area contributed by atoms with Gasteiger partial charge in [0.1, 0.15) is 6.04 Å². The summed E-state index contributed by atoms with van der Waals surface area (Å²) in [5.74, 6) is 0. The van der Waals surface area contributed by atoms with E-state index >= 15 is 0 Å². The van der Waals surface area contributed by atoms with Crippen LogP contribution >= 0.6 is 0 Å². The molecule has 1 fully saturated rings. The fraction of sp³-hybridized carbons (Fsp3) is 0.458. The Morgan fingerprint density at radius 1 is 1.12 bits per heavy atom. The summed E-state index contributed by atoms with van der Waals surface area (Å²) in [7, 11) is -3.87. The van der Waals surface area contributed by atoms with Gasteiger partial charge in [-0.15, -0.1) is 0 Å². The van der Waals surface area contributed by atoms with E-state index in [4.69, 9.17) is 0 Å². The van der Waals surface area contributed by atoms with Crippen LogP contribution in [0.4, 0.5) is 17.6 Å². The molecule has 4 rings (SSSR count). The lowest BCUT2D eigenvalue weighted by atomic mass is 9.97. The average Bonchev–Trinajstić information content (AvgIpc) is 3.56. The highest BCUT2D eigenvalue weighted by atomic mass is 32.2. The van der Waals surface area contributed by atoms with Gasteiger partial charge in [0.2, 0.25) is 10.0 Å². The molecular weight excluding hydrogens is 470 g/mol. The zero-order valence-corrected chi connectivity index (χ0v) is 19.9. The van der Waals surface area contributed by atoms with Crippen LogP contribution in [0.1, 0.15) is 57.2 Å². The van der Waals surface area contributed by atoms with Crippen molar-refractivity contribution in [2.75, 3.05) is 0 Å². The number of rotatable bonds is 8. The first-order chi connectivity index (χ1) is 15.9. The normalized spacial score (nSPS) is 16.0. The van der Waals surface area contributed by atoms with E-state index in [0.717, 1.165) is 0 Å². The van der Waals surface area contributed by atoms with Crippen LogP contribution in [0, 0.1) is 5.41 Å². The van der Waals surface area contributed by atoms with Crippen molar-refractivity contribution < 1.29 is 26.0 Å². The van der Waals surface area contributed by atoms with Crippen molar-refractivity contribution in [2.24, 2.45) is 5.41 Å². The van der Waals surface area contributed by atoms with Crippen molar-refractivity contribution in [3.8, 4) is 11.3 Å². The third-order valence-electron chi connectivity index (χ3n) is 5.75. The minimum atomic E-state index is -3.87. The number of aromatic nitrogens is 2. The predicted octanol–water partition coefficient (Wildman–Crippen LogP) is 6.08. The van der Waals surface area contributed by atoms with Crippen LogP contribution in [-0.2, 0) is 16.6 Å². The third-order valence-corrected chi connectivity index (χ3v) is 7.68. The Hall–Kier alpha value is -2.46. The number of nitrogens with one attached hydrogen (secondary N) is 1. The minimum absolute atomic E-state index is 0.115. The molecule has 10 heteroatoms. The van der Waals surface area contributed by atoms with Crippen molar-refractivity contribution in [3.63, 3.8) is 0 Å². The molecule has 0 radical (unpaired) electrons. The SMILES string of the molecule is CC(C)(C)Cn1cc([C@H](NS(=O)(=O)C2CC2)C(F)F)c2ccc(-c3ncccc3C(F)F)cc21. The molecule has 0 amide bonds. The Morgan fingerprint density at radius 2 is 1.82 bits per heavy atom. The molecule has 0 unspecified atom stereocenters. The Morgan fingerprint density at radius 3 is 2.41 bits per heavy atom. The average molecular weight is 498 g/mol. The fourth-order valence-electron chi connectivity index (χ4n) is 4.09. The van der Waals surface area contributed by atoms with Crippen molar-refractivity contribution in [1.29, 1.82) is 0 Å². The zero-order valence-electron chi connectivity index (χ0n) is 19.1. The maximum atomic E-state index is 14.1. The molecule has 34 heavy (non-hydrogen) atoms. The van der Waals surface area contributed by atoms with E-state index in [1.165, 1.54) is 18.3 Å². The standard InChI is InChI=1S/C24H27F4N3O2S/c1-24(2,3)13-31-12-18(21(23(27)28)30-34(32,33)15-7-8-15)16-9-6-14(11-19(16)31)20-17(22(25)26)5-4-10-29-20/h4-6,9-12,15,21-23,30H,7-8,13H2,1-3H3/t21-/m0/s1. The van der Waals surface area contributed by atoms with Crippen LogP contribution in [0.5, 0.6) is 0 Å². The second-order valence-corrected chi connectivity index (χ2v) is 11.9. The number of nitrogens with zero attached hydrogens (tertiary/aromatic N) is 2. The maximum absolute atomic E-state index is 14.1. The highest BCUT2D eigenvalue weighted by Gasteiger charge is 2.40. The lowest BCUT2D eigenvalue weighted by Crippen LogP contribution is -2.35. The van der Waals surface area contributed by atoms with Crippen LogP contribution in [0.15, 0.2) is 42.7 Å². The fourth-order valence-corrected chi connectivity index (χ4v) is 5.63. The molecule has 1 N–H and O–H groups in total.